The monoisotopic (exact) mass is 616 g/mol. The van der Waals surface area contributed by atoms with Crippen molar-refractivity contribution in [1.29, 1.82) is 0 Å². The smallest absolute Gasteiger partial charge is 0.343 e. The quantitative estimate of drug-likeness (QED) is 0.0581. The molecule has 0 saturated carbocycles. The van der Waals surface area contributed by atoms with Crippen LogP contribution >= 0.6 is 23.2 Å². The highest BCUT2D eigenvalue weighted by Gasteiger charge is 2.22. The van der Waals surface area contributed by atoms with Gasteiger partial charge in [0.15, 0.2) is 11.5 Å². The molecule has 43 heavy (non-hydrogen) atoms. The third-order valence-corrected chi connectivity index (χ3v) is 6.96. The third kappa shape index (κ3) is 6.35. The van der Waals surface area contributed by atoms with Gasteiger partial charge < -0.3 is 14.5 Å². The number of benzene rings is 4. The van der Waals surface area contributed by atoms with E-state index in [1.165, 1.54) is 36.5 Å². The van der Waals surface area contributed by atoms with Gasteiger partial charge in [-0.3, -0.25) is 14.9 Å². The summed E-state index contributed by atoms with van der Waals surface area (Å²) in [5.74, 6) is -0.820. The lowest BCUT2D eigenvalue weighted by molar-refractivity contribution is -0.384. The maximum absolute atomic E-state index is 13.3. The number of para-hydroxylation sites is 1. The van der Waals surface area contributed by atoms with Crippen molar-refractivity contribution in [2.45, 2.75) is 6.92 Å². The molecule has 4 aromatic carbocycles. The molecule has 0 bridgehead atoms. The molecular formula is C31H22Cl2N4O6. The number of amides is 1. The predicted octanol–water partition coefficient (Wildman–Crippen LogP) is 7.43. The molecule has 2 N–H and O–H groups in total. The SMILES string of the molecule is CCOc1cc(C=NNC(=O)c2[nH]c3c(Cl)cccc3c2-c2ccccc2Cl)ccc1OC(=O)c1ccc([N+](=O)[O-])cc1. The Hall–Kier alpha value is -5.19. The molecule has 5 aromatic rings. The molecule has 0 unspecified atom stereocenters. The first-order chi connectivity index (χ1) is 20.8. The van der Waals surface area contributed by atoms with E-state index in [1.54, 1.807) is 43.3 Å². The number of nitrogens with zero attached hydrogens (tertiary/aromatic N) is 2. The number of H-pyrrole nitrogens is 1. The third-order valence-electron chi connectivity index (χ3n) is 6.32. The number of nitro benzene ring substituents is 1. The van der Waals surface area contributed by atoms with E-state index < -0.39 is 16.8 Å². The number of carbonyl (C=O) groups excluding carboxylic acids is 2. The Morgan fingerprint density at radius 1 is 0.977 bits per heavy atom. The van der Waals surface area contributed by atoms with Crippen LogP contribution in [0, 0.1) is 10.1 Å². The summed E-state index contributed by atoms with van der Waals surface area (Å²) in [6, 6.07) is 22.3. The van der Waals surface area contributed by atoms with Crippen LogP contribution in [-0.2, 0) is 0 Å². The summed E-state index contributed by atoms with van der Waals surface area (Å²) in [5.41, 5.74) is 5.14. The van der Waals surface area contributed by atoms with Crippen LogP contribution in [0.5, 0.6) is 11.5 Å². The van der Waals surface area contributed by atoms with Gasteiger partial charge in [0.05, 0.1) is 33.8 Å². The highest BCUT2D eigenvalue weighted by Crippen LogP contribution is 2.38. The van der Waals surface area contributed by atoms with Gasteiger partial charge in [0.1, 0.15) is 5.69 Å². The molecule has 1 aromatic heterocycles. The molecule has 0 spiro atoms. The number of fused-ring (bicyclic) bond motifs is 1. The molecule has 0 aliphatic rings. The molecule has 1 heterocycles. The van der Waals surface area contributed by atoms with Gasteiger partial charge in [-0.25, -0.2) is 10.2 Å². The molecule has 12 heteroatoms. The molecule has 5 rings (SSSR count). The average Bonchev–Trinajstić information content (AvgIpc) is 3.39. The van der Waals surface area contributed by atoms with Crippen molar-refractivity contribution in [2.75, 3.05) is 6.61 Å². The Morgan fingerprint density at radius 2 is 1.72 bits per heavy atom. The second kappa shape index (κ2) is 12.8. The number of halogens is 2. The van der Waals surface area contributed by atoms with Gasteiger partial charge in [-0.05, 0) is 55.0 Å². The van der Waals surface area contributed by atoms with E-state index in [2.05, 4.69) is 15.5 Å². The number of nitrogens with one attached hydrogen (secondary N) is 2. The zero-order valence-electron chi connectivity index (χ0n) is 22.5. The van der Waals surface area contributed by atoms with E-state index in [4.69, 9.17) is 32.7 Å². The second-order valence-electron chi connectivity index (χ2n) is 9.05. The van der Waals surface area contributed by atoms with Gasteiger partial charge in [-0.15, -0.1) is 0 Å². The molecule has 0 saturated heterocycles. The predicted molar refractivity (Wildman–Crippen MR) is 164 cm³/mol. The summed E-state index contributed by atoms with van der Waals surface area (Å²) in [5, 5.41) is 16.6. The van der Waals surface area contributed by atoms with Crippen molar-refractivity contribution >= 4 is 57.9 Å². The summed E-state index contributed by atoms with van der Waals surface area (Å²) < 4.78 is 11.1. The minimum absolute atomic E-state index is 0.135. The lowest BCUT2D eigenvalue weighted by atomic mass is 10.0. The largest absolute Gasteiger partial charge is 0.490 e. The molecule has 10 nitrogen and oxygen atoms in total. The maximum atomic E-state index is 13.3. The summed E-state index contributed by atoms with van der Waals surface area (Å²) in [7, 11) is 0. The Balaban J connectivity index is 1.36. The van der Waals surface area contributed by atoms with E-state index in [1.807, 2.05) is 18.2 Å². The van der Waals surface area contributed by atoms with E-state index in [0.29, 0.717) is 32.3 Å². The number of carbonyl (C=O) groups is 2. The van der Waals surface area contributed by atoms with Gasteiger partial charge >= 0.3 is 5.97 Å². The zero-order chi connectivity index (χ0) is 30.5. The molecular weight excluding hydrogens is 595 g/mol. The van der Waals surface area contributed by atoms with E-state index >= 15 is 0 Å². The van der Waals surface area contributed by atoms with Crippen molar-refractivity contribution in [3.8, 4) is 22.6 Å². The molecule has 0 radical (unpaired) electrons. The van der Waals surface area contributed by atoms with Gasteiger partial charge in [-0.2, -0.15) is 5.10 Å². The molecule has 216 valence electrons. The first kappa shape index (κ1) is 29.3. The average molecular weight is 617 g/mol. The fourth-order valence-corrected chi connectivity index (χ4v) is 4.80. The Kier molecular flexibility index (Phi) is 8.70. The van der Waals surface area contributed by atoms with Crippen molar-refractivity contribution < 1.29 is 24.0 Å². The van der Waals surface area contributed by atoms with Crippen LogP contribution in [0.3, 0.4) is 0 Å². The van der Waals surface area contributed by atoms with Crippen LogP contribution in [0.1, 0.15) is 33.3 Å². The fourth-order valence-electron chi connectivity index (χ4n) is 4.35. The number of esters is 1. The standard InChI is InChI=1S/C31H22Cl2N4O6/c1-2-42-26-16-18(10-15-25(26)43-31(39)19-11-13-20(14-12-19)37(40)41)17-34-36-30(38)29-27(21-6-3-4-8-23(21)32)22-7-5-9-24(33)28(22)35-29/h3-17,35H,2H2,1H3,(H,36,38). The molecule has 0 aliphatic heterocycles. The van der Waals surface area contributed by atoms with Gasteiger partial charge in [0.25, 0.3) is 11.6 Å². The van der Waals surface area contributed by atoms with Crippen molar-refractivity contribution in [2.24, 2.45) is 5.10 Å². The number of hydrogen-bond acceptors (Lipinski definition) is 7. The Labute approximate surface area is 255 Å². The molecule has 0 aliphatic carbocycles. The summed E-state index contributed by atoms with van der Waals surface area (Å²) in [4.78, 5) is 39.3. The number of aromatic amines is 1. The molecule has 0 atom stereocenters. The van der Waals surface area contributed by atoms with Crippen LogP contribution in [0.25, 0.3) is 22.0 Å². The summed E-state index contributed by atoms with van der Waals surface area (Å²) in [6.45, 7) is 2.05. The van der Waals surface area contributed by atoms with Crippen LogP contribution in [0.15, 0.2) is 90.0 Å². The van der Waals surface area contributed by atoms with Crippen LogP contribution in [0.4, 0.5) is 5.69 Å². The van der Waals surface area contributed by atoms with Gasteiger partial charge in [0.2, 0.25) is 0 Å². The topological polar surface area (TPSA) is 136 Å². The van der Waals surface area contributed by atoms with Gasteiger partial charge in [-0.1, -0.05) is 53.5 Å². The lowest BCUT2D eigenvalue weighted by Crippen LogP contribution is -2.19. The number of hydrazone groups is 1. The lowest BCUT2D eigenvalue weighted by Gasteiger charge is -2.11. The fraction of sp³-hybridized carbons (Fsp3) is 0.0645. The van der Waals surface area contributed by atoms with Crippen molar-refractivity contribution in [3.05, 3.63) is 122 Å². The number of hydrogen-bond donors (Lipinski definition) is 2. The van der Waals surface area contributed by atoms with E-state index in [9.17, 15) is 19.7 Å². The summed E-state index contributed by atoms with van der Waals surface area (Å²) in [6.07, 6.45) is 1.41. The van der Waals surface area contributed by atoms with Crippen molar-refractivity contribution in [1.82, 2.24) is 10.4 Å². The highest BCUT2D eigenvalue weighted by molar-refractivity contribution is 6.37. The normalized spacial score (nSPS) is 11.0. The summed E-state index contributed by atoms with van der Waals surface area (Å²) >= 11 is 12.9. The molecule has 0 fully saturated rings. The van der Waals surface area contributed by atoms with E-state index in [0.717, 1.165) is 5.39 Å². The number of rotatable bonds is 9. The van der Waals surface area contributed by atoms with Gasteiger partial charge in [0, 0.05) is 33.7 Å². The number of ether oxygens (including phenoxy) is 2. The Morgan fingerprint density at radius 3 is 2.44 bits per heavy atom. The second-order valence-corrected chi connectivity index (χ2v) is 9.86. The minimum Gasteiger partial charge on any atom is -0.490 e. The minimum atomic E-state index is -0.711. The van der Waals surface area contributed by atoms with Crippen LogP contribution < -0.4 is 14.9 Å². The highest BCUT2D eigenvalue weighted by atomic mass is 35.5. The number of aromatic nitrogens is 1. The van der Waals surface area contributed by atoms with Crippen LogP contribution in [0.2, 0.25) is 10.0 Å². The first-order valence-corrected chi connectivity index (χ1v) is 13.6. The number of non-ortho nitro benzene ring substituents is 1. The van der Waals surface area contributed by atoms with E-state index in [-0.39, 0.29) is 35.1 Å². The zero-order valence-corrected chi connectivity index (χ0v) is 24.0. The Bertz CT molecular complexity index is 1890. The molecule has 1 amide bonds. The number of nitro groups is 1. The van der Waals surface area contributed by atoms with Crippen LogP contribution in [-0.4, -0.2) is 34.6 Å². The van der Waals surface area contributed by atoms with Crippen molar-refractivity contribution in [3.63, 3.8) is 0 Å². The maximum Gasteiger partial charge on any atom is 0.343 e. The first-order valence-electron chi connectivity index (χ1n) is 12.9.